The van der Waals surface area contributed by atoms with Crippen molar-refractivity contribution in [1.29, 1.82) is 0 Å². The van der Waals surface area contributed by atoms with Crippen LogP contribution in [-0.2, 0) is 11.3 Å². The molecule has 4 rings (SSSR count). The Labute approximate surface area is 125 Å². The molecule has 2 aromatic heterocycles. The van der Waals surface area contributed by atoms with Crippen molar-refractivity contribution in [2.75, 3.05) is 0 Å². The van der Waals surface area contributed by atoms with Crippen molar-refractivity contribution in [3.63, 3.8) is 0 Å². The number of ether oxygens (including phenoxy) is 1. The quantitative estimate of drug-likeness (QED) is 0.662. The summed E-state index contributed by atoms with van der Waals surface area (Å²) in [4.78, 5) is 0. The molecule has 0 saturated heterocycles. The van der Waals surface area contributed by atoms with Gasteiger partial charge in [-0.15, -0.1) is 0 Å². The van der Waals surface area contributed by atoms with Crippen molar-refractivity contribution in [2.24, 2.45) is 0 Å². The van der Waals surface area contributed by atoms with E-state index >= 15 is 0 Å². The summed E-state index contributed by atoms with van der Waals surface area (Å²) in [6, 6.07) is 17.3. The minimum Gasteiger partial charge on any atom is -0.372 e. The van der Waals surface area contributed by atoms with Gasteiger partial charge in [-0.2, -0.15) is 0 Å². The minimum atomic E-state index is 0.458. The van der Waals surface area contributed by atoms with E-state index in [1.807, 2.05) is 0 Å². The molecule has 0 amide bonds. The zero-order chi connectivity index (χ0) is 14.1. The molecule has 0 aliphatic heterocycles. The number of hydrogen-bond acceptors (Lipinski definition) is 1. The van der Waals surface area contributed by atoms with Crippen LogP contribution in [0.2, 0.25) is 0 Å². The lowest BCUT2D eigenvalue weighted by Gasteiger charge is -2.22. The van der Waals surface area contributed by atoms with E-state index in [0.717, 1.165) is 0 Å². The van der Waals surface area contributed by atoms with Crippen LogP contribution in [0.5, 0.6) is 0 Å². The van der Waals surface area contributed by atoms with E-state index in [-0.39, 0.29) is 0 Å². The first kappa shape index (κ1) is 12.9. The summed E-state index contributed by atoms with van der Waals surface area (Å²) < 4.78 is 8.50. The summed E-state index contributed by atoms with van der Waals surface area (Å²) in [6.45, 7) is 0.715. The topological polar surface area (TPSA) is 13.6 Å². The second kappa shape index (κ2) is 5.53. The Balaban J connectivity index is 1.66. The largest absolute Gasteiger partial charge is 0.372 e. The van der Waals surface area contributed by atoms with Gasteiger partial charge in [-0.25, -0.2) is 0 Å². The predicted molar refractivity (Wildman–Crippen MR) is 86.6 cm³/mol. The van der Waals surface area contributed by atoms with Crippen molar-refractivity contribution in [2.45, 2.75) is 44.8 Å². The number of aromatic nitrogens is 1. The highest BCUT2D eigenvalue weighted by atomic mass is 16.5. The molecule has 1 fully saturated rings. The molecule has 0 N–H and O–H groups in total. The lowest BCUT2D eigenvalue weighted by Crippen LogP contribution is -2.16. The van der Waals surface area contributed by atoms with Gasteiger partial charge in [-0.3, -0.25) is 0 Å². The molecule has 2 heteroatoms. The summed E-state index contributed by atoms with van der Waals surface area (Å²) in [6.07, 6.45) is 6.93. The van der Waals surface area contributed by atoms with Crippen molar-refractivity contribution < 1.29 is 4.74 Å². The molecule has 0 unspecified atom stereocenters. The molecule has 108 valence electrons. The Morgan fingerprint density at radius 1 is 0.905 bits per heavy atom. The summed E-state index contributed by atoms with van der Waals surface area (Å²) in [5.41, 5.74) is 3.77. The number of hydrogen-bond donors (Lipinski definition) is 0. The molecule has 21 heavy (non-hydrogen) atoms. The Morgan fingerprint density at radius 3 is 2.62 bits per heavy atom. The number of pyridine rings is 1. The van der Waals surface area contributed by atoms with Gasteiger partial charge in [0.15, 0.2) is 0 Å². The van der Waals surface area contributed by atoms with Gasteiger partial charge in [0, 0.05) is 11.2 Å². The Kier molecular flexibility index (Phi) is 3.40. The predicted octanol–water partition coefficient (Wildman–Crippen LogP) is 4.94. The Morgan fingerprint density at radius 2 is 1.71 bits per heavy atom. The van der Waals surface area contributed by atoms with E-state index in [4.69, 9.17) is 4.74 Å². The van der Waals surface area contributed by atoms with Crippen LogP contribution in [-0.4, -0.2) is 10.5 Å². The van der Waals surface area contributed by atoms with Gasteiger partial charge >= 0.3 is 0 Å². The molecule has 3 aromatic rings. The molecular formula is C19H21NO. The third-order valence-corrected chi connectivity index (χ3v) is 4.62. The molecule has 1 saturated carbocycles. The first-order valence-corrected chi connectivity index (χ1v) is 8.01. The summed E-state index contributed by atoms with van der Waals surface area (Å²) in [5, 5.41) is 1.28. The fraction of sp³-hybridized carbons (Fsp3) is 0.368. The number of nitrogens with zero attached hydrogens (tertiary/aromatic N) is 1. The molecule has 0 atom stereocenters. The summed E-state index contributed by atoms with van der Waals surface area (Å²) in [7, 11) is 0. The Hall–Kier alpha value is -1.80. The lowest BCUT2D eigenvalue weighted by atomic mass is 9.98. The molecule has 1 aromatic carbocycles. The van der Waals surface area contributed by atoms with Crippen molar-refractivity contribution >= 4 is 16.4 Å². The number of rotatable bonds is 3. The molecule has 2 heterocycles. The van der Waals surface area contributed by atoms with Crippen molar-refractivity contribution in [3.8, 4) is 0 Å². The monoisotopic (exact) mass is 279 g/mol. The third kappa shape index (κ3) is 2.44. The van der Waals surface area contributed by atoms with E-state index in [1.54, 1.807) is 0 Å². The molecule has 0 spiro atoms. The lowest BCUT2D eigenvalue weighted by molar-refractivity contribution is 0.0151. The van der Waals surface area contributed by atoms with E-state index in [9.17, 15) is 0 Å². The van der Waals surface area contributed by atoms with Crippen LogP contribution in [0.4, 0.5) is 0 Å². The van der Waals surface area contributed by atoms with Gasteiger partial charge in [0.2, 0.25) is 0 Å². The maximum absolute atomic E-state index is 6.16. The molecule has 1 aliphatic rings. The zero-order valence-electron chi connectivity index (χ0n) is 12.3. The molecular weight excluding hydrogens is 258 g/mol. The third-order valence-electron chi connectivity index (χ3n) is 4.62. The van der Waals surface area contributed by atoms with Crippen LogP contribution in [0.15, 0.2) is 48.5 Å². The second-order valence-corrected chi connectivity index (χ2v) is 6.05. The van der Waals surface area contributed by atoms with Gasteiger partial charge in [0.25, 0.3) is 0 Å². The fourth-order valence-electron chi connectivity index (χ4n) is 3.48. The average Bonchev–Trinajstić information content (AvgIpc) is 2.97. The van der Waals surface area contributed by atoms with Gasteiger partial charge < -0.3 is 9.14 Å². The smallest absolute Gasteiger partial charge is 0.0875 e. The van der Waals surface area contributed by atoms with Gasteiger partial charge in [0.05, 0.1) is 18.2 Å². The van der Waals surface area contributed by atoms with Crippen molar-refractivity contribution in [3.05, 3.63) is 54.2 Å². The SMILES string of the molecule is c1ccc2c(c1)ccc1ccc(COC3CCCCC3)n12. The maximum Gasteiger partial charge on any atom is 0.0875 e. The van der Waals surface area contributed by atoms with Crippen LogP contribution in [0.3, 0.4) is 0 Å². The fourth-order valence-corrected chi connectivity index (χ4v) is 3.48. The van der Waals surface area contributed by atoms with Crippen LogP contribution in [0, 0.1) is 0 Å². The molecule has 1 aliphatic carbocycles. The van der Waals surface area contributed by atoms with Crippen LogP contribution in [0.25, 0.3) is 16.4 Å². The first-order chi connectivity index (χ1) is 10.4. The Bertz CT molecular complexity index is 752. The second-order valence-electron chi connectivity index (χ2n) is 6.05. The van der Waals surface area contributed by atoms with E-state index in [0.29, 0.717) is 12.7 Å². The zero-order valence-corrected chi connectivity index (χ0v) is 12.3. The van der Waals surface area contributed by atoms with Gasteiger partial charge in [0.1, 0.15) is 0 Å². The maximum atomic E-state index is 6.16. The van der Waals surface area contributed by atoms with E-state index < -0.39 is 0 Å². The number of para-hydroxylation sites is 1. The first-order valence-electron chi connectivity index (χ1n) is 8.01. The van der Waals surface area contributed by atoms with Crippen LogP contribution >= 0.6 is 0 Å². The number of benzene rings is 1. The molecule has 0 bridgehead atoms. The van der Waals surface area contributed by atoms with E-state index in [2.05, 4.69) is 52.9 Å². The molecule has 2 nitrogen and oxygen atoms in total. The highest BCUT2D eigenvalue weighted by molar-refractivity contribution is 5.83. The highest BCUT2D eigenvalue weighted by Gasteiger charge is 2.14. The average molecular weight is 279 g/mol. The van der Waals surface area contributed by atoms with Crippen LogP contribution < -0.4 is 0 Å². The normalized spacial score (nSPS) is 16.8. The van der Waals surface area contributed by atoms with Gasteiger partial charge in [-0.05, 0) is 42.5 Å². The van der Waals surface area contributed by atoms with Crippen LogP contribution in [0.1, 0.15) is 37.8 Å². The van der Waals surface area contributed by atoms with Crippen molar-refractivity contribution in [1.82, 2.24) is 4.40 Å². The van der Waals surface area contributed by atoms with Gasteiger partial charge in [-0.1, -0.05) is 43.5 Å². The number of fused-ring (bicyclic) bond motifs is 3. The van der Waals surface area contributed by atoms with E-state index in [1.165, 1.54) is 54.2 Å². The standard InChI is InChI=1S/C19H21NO/c1-2-7-18(8-3-1)21-14-17-13-12-16-11-10-15-6-4-5-9-19(15)20(16)17/h4-6,9-13,18H,1-3,7-8,14H2. The summed E-state index contributed by atoms with van der Waals surface area (Å²) >= 11 is 0. The highest BCUT2D eigenvalue weighted by Crippen LogP contribution is 2.24. The molecule has 0 radical (unpaired) electrons. The minimum absolute atomic E-state index is 0.458. The summed E-state index contributed by atoms with van der Waals surface area (Å²) in [5.74, 6) is 0.